The predicted octanol–water partition coefficient (Wildman–Crippen LogP) is 1.81. The van der Waals surface area contributed by atoms with E-state index in [2.05, 4.69) is 25.7 Å². The third-order valence-electron chi connectivity index (χ3n) is 6.20. The van der Waals surface area contributed by atoms with Crippen LogP contribution in [0.1, 0.15) is 22.4 Å². The fourth-order valence-electron chi connectivity index (χ4n) is 4.93. The van der Waals surface area contributed by atoms with Crippen molar-refractivity contribution in [3.63, 3.8) is 0 Å². The molecule has 2 aromatic carbocycles. The maximum atomic E-state index is 13.8. The van der Waals surface area contributed by atoms with E-state index < -0.39 is 27.5 Å². The summed E-state index contributed by atoms with van der Waals surface area (Å²) >= 11 is 0. The Morgan fingerprint density at radius 1 is 1.00 bits per heavy atom. The Bertz CT molecular complexity index is 1670. The van der Waals surface area contributed by atoms with Gasteiger partial charge in [0.25, 0.3) is 11.2 Å². The number of amides is 1. The zero-order valence-electron chi connectivity index (χ0n) is 17.5. The Kier molecular flexibility index (Phi) is 3.77. The Labute approximate surface area is 189 Å². The topological polar surface area (TPSA) is 168 Å². The molecule has 0 saturated heterocycles. The summed E-state index contributed by atoms with van der Waals surface area (Å²) < 4.78 is 1.57. The molecule has 2 aromatic heterocycles. The third kappa shape index (κ3) is 2.36. The number of para-hydroxylation sites is 1. The third-order valence-corrected chi connectivity index (χ3v) is 6.20. The number of nitro groups is 1. The van der Waals surface area contributed by atoms with Crippen LogP contribution in [0.2, 0.25) is 0 Å². The van der Waals surface area contributed by atoms with Gasteiger partial charge >= 0.3 is 5.69 Å². The monoisotopic (exact) mass is 457 g/mol. The molecule has 6 rings (SSSR count). The molecule has 168 valence electrons. The highest BCUT2D eigenvalue weighted by Gasteiger charge is 2.58. The summed E-state index contributed by atoms with van der Waals surface area (Å²) in [6.45, 7) is 1.69. The summed E-state index contributed by atoms with van der Waals surface area (Å²) in [7, 11) is 0. The quantitative estimate of drug-likeness (QED) is 0.263. The number of anilines is 3. The number of hydrogen-bond donors (Lipinski definition) is 4. The summed E-state index contributed by atoms with van der Waals surface area (Å²) in [5.74, 6) is -0.222. The number of aryl methyl sites for hydroxylation is 1. The molecule has 1 spiro atoms. The zero-order valence-corrected chi connectivity index (χ0v) is 17.5. The van der Waals surface area contributed by atoms with Crippen LogP contribution < -0.4 is 21.9 Å². The lowest BCUT2D eigenvalue weighted by Crippen LogP contribution is -2.46. The number of hydrogen-bond acceptors (Lipinski definition) is 7. The minimum atomic E-state index is -1.79. The van der Waals surface area contributed by atoms with Crippen LogP contribution in [0.15, 0.2) is 58.1 Å². The smallest absolute Gasteiger partial charge is 0.326 e. The van der Waals surface area contributed by atoms with Crippen LogP contribution in [0, 0.1) is 17.0 Å². The van der Waals surface area contributed by atoms with Gasteiger partial charge in [0.15, 0.2) is 0 Å². The van der Waals surface area contributed by atoms with Gasteiger partial charge in [-0.15, -0.1) is 0 Å². The molecular formula is C22H15N7O5. The first kappa shape index (κ1) is 19.7. The first-order chi connectivity index (χ1) is 16.3. The second-order valence-corrected chi connectivity index (χ2v) is 8.03. The molecule has 1 amide bonds. The molecule has 0 radical (unpaired) electrons. The molecule has 12 heteroatoms. The summed E-state index contributed by atoms with van der Waals surface area (Å²) in [5.41, 5.74) is -1.66. The van der Waals surface area contributed by atoms with Crippen molar-refractivity contribution < 1.29 is 9.72 Å². The van der Waals surface area contributed by atoms with Gasteiger partial charge in [0.05, 0.1) is 21.9 Å². The predicted molar refractivity (Wildman–Crippen MR) is 121 cm³/mol. The molecule has 0 saturated carbocycles. The Hall–Kier alpha value is -5.00. The van der Waals surface area contributed by atoms with Gasteiger partial charge in [0.2, 0.25) is 5.91 Å². The largest absolute Gasteiger partial charge is 0.327 e. The fraction of sp³-hybridized carbons (Fsp3) is 0.0909. The second kappa shape index (κ2) is 6.51. The van der Waals surface area contributed by atoms with Crippen LogP contribution in [0.4, 0.5) is 23.0 Å². The van der Waals surface area contributed by atoms with Gasteiger partial charge in [-0.25, -0.2) is 9.48 Å². The Morgan fingerprint density at radius 2 is 1.76 bits per heavy atom. The van der Waals surface area contributed by atoms with E-state index in [0.717, 1.165) is 0 Å². The molecule has 2 aliphatic rings. The van der Waals surface area contributed by atoms with E-state index in [0.29, 0.717) is 28.5 Å². The lowest BCUT2D eigenvalue weighted by Gasteiger charge is -2.33. The number of carbonyl (C=O) groups is 1. The van der Waals surface area contributed by atoms with Gasteiger partial charge in [-0.3, -0.25) is 29.7 Å². The first-order valence-corrected chi connectivity index (χ1v) is 10.2. The molecule has 34 heavy (non-hydrogen) atoms. The number of aromatic amines is 2. The lowest BCUT2D eigenvalue weighted by atomic mass is 9.68. The van der Waals surface area contributed by atoms with Crippen molar-refractivity contribution in [1.29, 1.82) is 0 Å². The first-order valence-electron chi connectivity index (χ1n) is 10.2. The van der Waals surface area contributed by atoms with Crippen LogP contribution in [-0.4, -0.2) is 30.6 Å². The Morgan fingerprint density at radius 3 is 2.50 bits per heavy atom. The number of nitrogens with one attached hydrogen (secondary N) is 4. The van der Waals surface area contributed by atoms with E-state index in [1.54, 1.807) is 11.6 Å². The van der Waals surface area contributed by atoms with Crippen molar-refractivity contribution in [1.82, 2.24) is 19.7 Å². The molecule has 4 heterocycles. The summed E-state index contributed by atoms with van der Waals surface area (Å²) in [6.07, 6.45) is 0. The number of rotatable bonds is 2. The highest BCUT2D eigenvalue weighted by atomic mass is 16.6. The average molecular weight is 457 g/mol. The normalized spacial score (nSPS) is 17.5. The van der Waals surface area contributed by atoms with Crippen molar-refractivity contribution in [2.45, 2.75) is 12.3 Å². The van der Waals surface area contributed by atoms with E-state index in [4.69, 9.17) is 0 Å². The number of benzene rings is 2. The second-order valence-electron chi connectivity index (χ2n) is 8.03. The number of non-ortho nitro benzene ring substituents is 1. The molecule has 4 aromatic rings. The van der Waals surface area contributed by atoms with Gasteiger partial charge in [0, 0.05) is 28.9 Å². The SMILES string of the molecule is Cc1nn(-c2ccccc2)c2c1[C@]1(C(=O)Nc3ccc([N+](=O)[O-])cc31)c1c([nH]c(=O)[nH]c1=O)N2. The van der Waals surface area contributed by atoms with Gasteiger partial charge in [0.1, 0.15) is 17.1 Å². The fourth-order valence-corrected chi connectivity index (χ4v) is 4.93. The van der Waals surface area contributed by atoms with Crippen molar-refractivity contribution in [2.24, 2.45) is 0 Å². The lowest BCUT2D eigenvalue weighted by molar-refractivity contribution is -0.384. The molecule has 0 bridgehead atoms. The highest BCUT2D eigenvalue weighted by molar-refractivity contribution is 6.14. The molecule has 0 unspecified atom stereocenters. The molecular weight excluding hydrogens is 442 g/mol. The zero-order chi connectivity index (χ0) is 23.8. The van der Waals surface area contributed by atoms with Crippen LogP contribution in [0.5, 0.6) is 0 Å². The van der Waals surface area contributed by atoms with Crippen molar-refractivity contribution >= 4 is 28.9 Å². The minimum Gasteiger partial charge on any atom is -0.326 e. The van der Waals surface area contributed by atoms with Gasteiger partial charge in [-0.2, -0.15) is 5.10 Å². The van der Waals surface area contributed by atoms with Crippen LogP contribution >= 0.6 is 0 Å². The standard InChI is InChI=1S/C22H15N7O5/c1-10-15-18(28(27-10)11-5-3-2-4-6-11)24-17-16(19(30)26-21(32)25-17)22(15)13-9-12(29(33)34)7-8-14(13)23-20(22)31/h2-9H,1H3,(H,23,31)(H3,24,25,26,30,32)/t22-/m0/s1. The van der Waals surface area contributed by atoms with E-state index in [1.807, 2.05) is 30.3 Å². The number of H-pyrrole nitrogens is 2. The van der Waals surface area contributed by atoms with E-state index in [9.17, 15) is 24.5 Å². The summed E-state index contributed by atoms with van der Waals surface area (Å²) in [4.78, 5) is 54.8. The van der Waals surface area contributed by atoms with Crippen LogP contribution in [0.25, 0.3) is 5.69 Å². The van der Waals surface area contributed by atoms with Crippen molar-refractivity contribution in [2.75, 3.05) is 10.6 Å². The van der Waals surface area contributed by atoms with Gasteiger partial charge < -0.3 is 10.6 Å². The van der Waals surface area contributed by atoms with E-state index >= 15 is 0 Å². The number of nitrogens with zero attached hydrogens (tertiary/aromatic N) is 3. The maximum absolute atomic E-state index is 13.8. The molecule has 12 nitrogen and oxygen atoms in total. The molecule has 4 N–H and O–H groups in total. The van der Waals surface area contributed by atoms with Gasteiger partial charge in [-0.05, 0) is 25.1 Å². The molecule has 0 aliphatic carbocycles. The maximum Gasteiger partial charge on any atom is 0.327 e. The van der Waals surface area contributed by atoms with Crippen molar-refractivity contribution in [3.05, 3.63) is 102 Å². The highest BCUT2D eigenvalue weighted by Crippen LogP contribution is 2.55. The number of nitro benzene ring substituents is 1. The van der Waals surface area contributed by atoms with Crippen LogP contribution in [0.3, 0.4) is 0 Å². The van der Waals surface area contributed by atoms with Crippen LogP contribution in [-0.2, 0) is 10.2 Å². The summed E-state index contributed by atoms with van der Waals surface area (Å²) in [6, 6.07) is 13.1. The number of aromatic nitrogens is 4. The molecule has 0 fully saturated rings. The number of carbonyl (C=O) groups excluding carboxylic acids is 1. The molecule has 2 aliphatic heterocycles. The average Bonchev–Trinajstić information content (AvgIpc) is 3.28. The van der Waals surface area contributed by atoms with E-state index in [-0.39, 0.29) is 22.6 Å². The minimum absolute atomic E-state index is 0.00726. The molecule has 1 atom stereocenters. The Balaban J connectivity index is 1.79. The van der Waals surface area contributed by atoms with Gasteiger partial charge in [-0.1, -0.05) is 18.2 Å². The number of fused-ring (bicyclic) bond motifs is 6. The summed E-state index contributed by atoms with van der Waals surface area (Å²) in [5, 5.41) is 22.0. The van der Waals surface area contributed by atoms with E-state index in [1.165, 1.54) is 18.2 Å². The van der Waals surface area contributed by atoms with Crippen molar-refractivity contribution in [3.8, 4) is 5.69 Å².